The number of aromatic amines is 1. The fraction of sp³-hybridized carbons (Fsp3) is 0.192. The molecule has 2 aromatic carbocycles. The van der Waals surface area contributed by atoms with Gasteiger partial charge in [0.1, 0.15) is 6.61 Å². The van der Waals surface area contributed by atoms with E-state index in [0.29, 0.717) is 46.9 Å². The predicted molar refractivity (Wildman–Crippen MR) is 134 cm³/mol. The van der Waals surface area contributed by atoms with Gasteiger partial charge in [-0.3, -0.25) is 0 Å². The molecular formula is C26H27N4O3S+. The number of pyridine rings is 1. The van der Waals surface area contributed by atoms with Crippen molar-refractivity contribution in [1.82, 2.24) is 10.6 Å². The molecule has 1 aromatic heterocycles. The number of aromatic nitrogens is 1. The van der Waals surface area contributed by atoms with Gasteiger partial charge in [0.2, 0.25) is 0 Å². The second kappa shape index (κ2) is 10.8. The van der Waals surface area contributed by atoms with E-state index in [9.17, 15) is 4.79 Å². The molecule has 0 aliphatic carbocycles. The largest absolute Gasteiger partial charge is 0.490 e. The Bertz CT molecular complexity index is 1200. The van der Waals surface area contributed by atoms with Crippen molar-refractivity contribution in [3.05, 3.63) is 95.3 Å². The molecule has 8 heteroatoms. The Hall–Kier alpha value is -3.91. The van der Waals surface area contributed by atoms with Crippen LogP contribution in [0, 0.1) is 0 Å². The van der Waals surface area contributed by atoms with Crippen molar-refractivity contribution in [3.8, 4) is 11.5 Å². The lowest BCUT2D eigenvalue weighted by atomic mass is 9.94. The first kappa shape index (κ1) is 23.3. The first-order valence-electron chi connectivity index (χ1n) is 11.0. The smallest absolute Gasteiger partial charge is 0.339 e. The van der Waals surface area contributed by atoms with E-state index in [0.717, 1.165) is 11.1 Å². The molecule has 0 radical (unpaired) electrons. The Kier molecular flexibility index (Phi) is 7.39. The average Bonchev–Trinajstić information content (AvgIpc) is 2.84. The lowest BCUT2D eigenvalue weighted by Gasteiger charge is -2.29. The summed E-state index contributed by atoms with van der Waals surface area (Å²) in [6.45, 7) is 4.67. The molecule has 4 rings (SSSR count). The van der Waals surface area contributed by atoms with E-state index in [4.69, 9.17) is 21.7 Å². The zero-order chi connectivity index (χ0) is 23.9. The maximum Gasteiger partial charge on any atom is 0.339 e. The summed E-state index contributed by atoms with van der Waals surface area (Å²) in [5, 5.41) is 9.65. The summed E-state index contributed by atoms with van der Waals surface area (Å²) in [4.78, 5) is 16.3. The predicted octanol–water partition coefficient (Wildman–Crippen LogP) is 3.91. The molecule has 174 valence electrons. The standard InChI is InChI=1S/C26H26N4O3S/c1-3-32-21-15-19(12-13-20(21)33-16-18-9-5-4-6-10-18)24-23(17(2)28-26(34)30-24)25(31)29-22-11-7-8-14-27-22/h4-15,24H,3,16H2,1-2H3,(H,27,29,31)(H2,28,30,34)/p+1. The van der Waals surface area contributed by atoms with Crippen molar-refractivity contribution >= 4 is 29.1 Å². The number of carbonyl (C=O) groups excluding carboxylic acids is 1. The van der Waals surface area contributed by atoms with Crippen LogP contribution in [0.3, 0.4) is 0 Å². The monoisotopic (exact) mass is 475 g/mol. The molecule has 3 aromatic rings. The number of benzene rings is 2. The summed E-state index contributed by atoms with van der Waals surface area (Å²) < 4.78 is 11.9. The van der Waals surface area contributed by atoms with Crippen LogP contribution >= 0.6 is 12.2 Å². The van der Waals surface area contributed by atoms with Crippen molar-refractivity contribution in [3.63, 3.8) is 0 Å². The molecular weight excluding hydrogens is 448 g/mol. The van der Waals surface area contributed by atoms with E-state index < -0.39 is 6.04 Å². The number of rotatable bonds is 8. The first-order valence-corrected chi connectivity index (χ1v) is 11.5. The van der Waals surface area contributed by atoms with Crippen molar-refractivity contribution in [2.75, 3.05) is 11.9 Å². The van der Waals surface area contributed by atoms with Gasteiger partial charge in [-0.05, 0) is 55.4 Å². The van der Waals surface area contributed by atoms with Gasteiger partial charge in [-0.25, -0.2) is 15.1 Å². The van der Waals surface area contributed by atoms with Gasteiger partial charge in [0.15, 0.2) is 16.6 Å². The van der Waals surface area contributed by atoms with E-state index in [1.165, 1.54) is 0 Å². The quantitative estimate of drug-likeness (QED) is 0.429. The SMILES string of the molecule is CCOc1cc(C2NC(=S)NC(C)=C2C(=O)Nc2cccc[nH+]2)ccc1OCc1ccccc1. The number of hydrogen-bond acceptors (Lipinski definition) is 4. The van der Waals surface area contributed by atoms with Crippen LogP contribution in [0.2, 0.25) is 0 Å². The molecule has 1 atom stereocenters. The van der Waals surface area contributed by atoms with E-state index >= 15 is 0 Å². The molecule has 0 fully saturated rings. The van der Waals surface area contributed by atoms with Gasteiger partial charge in [0, 0.05) is 11.8 Å². The number of carbonyl (C=O) groups is 1. The topological polar surface area (TPSA) is 85.8 Å². The molecule has 0 bridgehead atoms. The van der Waals surface area contributed by atoms with Gasteiger partial charge in [-0.1, -0.05) is 42.5 Å². The zero-order valence-corrected chi connectivity index (χ0v) is 19.9. The summed E-state index contributed by atoms with van der Waals surface area (Å²) in [7, 11) is 0. The first-order chi connectivity index (χ1) is 16.5. The summed E-state index contributed by atoms with van der Waals surface area (Å²) in [6, 6.07) is 20.7. The molecule has 1 aliphatic rings. The van der Waals surface area contributed by atoms with Gasteiger partial charge in [0.25, 0.3) is 5.82 Å². The van der Waals surface area contributed by atoms with Crippen LogP contribution in [0.25, 0.3) is 0 Å². The summed E-state index contributed by atoms with van der Waals surface area (Å²) in [6.07, 6.45) is 1.75. The Labute approximate surface area is 204 Å². The van der Waals surface area contributed by atoms with Crippen LogP contribution in [-0.2, 0) is 11.4 Å². The molecule has 0 saturated heterocycles. The minimum Gasteiger partial charge on any atom is -0.490 e. The van der Waals surface area contributed by atoms with Gasteiger partial charge < -0.3 is 20.1 Å². The number of anilines is 1. The summed E-state index contributed by atoms with van der Waals surface area (Å²) >= 11 is 5.38. The zero-order valence-electron chi connectivity index (χ0n) is 19.1. The molecule has 1 aliphatic heterocycles. The maximum atomic E-state index is 13.2. The van der Waals surface area contributed by atoms with Crippen LogP contribution in [0.1, 0.15) is 31.0 Å². The van der Waals surface area contributed by atoms with Gasteiger partial charge in [-0.2, -0.15) is 0 Å². The van der Waals surface area contributed by atoms with Crippen LogP contribution < -0.4 is 30.4 Å². The minimum atomic E-state index is -0.458. The molecule has 2 heterocycles. The van der Waals surface area contributed by atoms with Crippen molar-refractivity contribution in [1.29, 1.82) is 0 Å². The Morgan fingerprint density at radius 1 is 1.06 bits per heavy atom. The van der Waals surface area contributed by atoms with Gasteiger partial charge in [-0.15, -0.1) is 0 Å². The summed E-state index contributed by atoms with van der Waals surface area (Å²) in [5.41, 5.74) is 3.12. The van der Waals surface area contributed by atoms with Gasteiger partial charge in [0.05, 0.1) is 24.4 Å². The Balaban J connectivity index is 1.62. The lowest BCUT2D eigenvalue weighted by molar-refractivity contribution is -0.360. The number of nitrogens with one attached hydrogen (secondary N) is 4. The highest BCUT2D eigenvalue weighted by molar-refractivity contribution is 7.80. The van der Waals surface area contributed by atoms with Crippen LogP contribution in [0.4, 0.5) is 5.82 Å². The minimum absolute atomic E-state index is 0.241. The second-order valence-electron chi connectivity index (χ2n) is 7.71. The molecule has 1 unspecified atom stereocenters. The van der Waals surface area contributed by atoms with Crippen LogP contribution in [0.15, 0.2) is 84.2 Å². The Morgan fingerprint density at radius 3 is 2.59 bits per heavy atom. The van der Waals surface area contributed by atoms with E-state index in [-0.39, 0.29) is 5.91 Å². The van der Waals surface area contributed by atoms with Gasteiger partial charge >= 0.3 is 5.91 Å². The molecule has 7 nitrogen and oxygen atoms in total. The third-order valence-electron chi connectivity index (χ3n) is 5.31. The van der Waals surface area contributed by atoms with Crippen molar-refractivity contribution in [2.24, 2.45) is 0 Å². The number of amides is 1. The molecule has 1 amide bonds. The number of allylic oxidation sites excluding steroid dienone is 1. The normalized spacial score (nSPS) is 15.2. The molecule has 0 spiro atoms. The molecule has 4 N–H and O–H groups in total. The van der Waals surface area contributed by atoms with Crippen molar-refractivity contribution < 1.29 is 19.3 Å². The Morgan fingerprint density at radius 2 is 1.85 bits per heavy atom. The van der Waals surface area contributed by atoms with E-state index in [1.807, 2.05) is 74.5 Å². The second-order valence-corrected chi connectivity index (χ2v) is 8.12. The third kappa shape index (κ3) is 5.52. The highest BCUT2D eigenvalue weighted by atomic mass is 32.1. The number of ether oxygens (including phenoxy) is 2. The fourth-order valence-corrected chi connectivity index (χ4v) is 4.00. The van der Waals surface area contributed by atoms with E-state index in [2.05, 4.69) is 20.9 Å². The number of hydrogen-bond donors (Lipinski definition) is 3. The molecule has 34 heavy (non-hydrogen) atoms. The van der Waals surface area contributed by atoms with Crippen LogP contribution in [0.5, 0.6) is 11.5 Å². The van der Waals surface area contributed by atoms with Crippen molar-refractivity contribution in [2.45, 2.75) is 26.5 Å². The highest BCUT2D eigenvalue weighted by Gasteiger charge is 2.33. The lowest BCUT2D eigenvalue weighted by Crippen LogP contribution is -2.46. The average molecular weight is 476 g/mol. The highest BCUT2D eigenvalue weighted by Crippen LogP contribution is 2.35. The molecule has 0 saturated carbocycles. The maximum absolute atomic E-state index is 13.2. The summed E-state index contributed by atoms with van der Waals surface area (Å²) in [5.74, 6) is 1.60. The van der Waals surface area contributed by atoms with Crippen LogP contribution in [-0.4, -0.2) is 17.6 Å². The number of H-pyrrole nitrogens is 1. The number of thiocarbonyl (C=S) groups is 1. The fourth-order valence-electron chi connectivity index (χ4n) is 3.73. The third-order valence-corrected chi connectivity index (χ3v) is 5.53. The van der Waals surface area contributed by atoms with E-state index in [1.54, 1.807) is 12.3 Å².